The zero-order valence-electron chi connectivity index (χ0n) is 20.4. The highest BCUT2D eigenvalue weighted by Crippen LogP contribution is 2.31. The lowest BCUT2D eigenvalue weighted by Crippen LogP contribution is -2.44. The van der Waals surface area contributed by atoms with Crippen molar-refractivity contribution in [2.45, 2.75) is 27.0 Å². The van der Waals surface area contributed by atoms with E-state index in [-0.39, 0.29) is 29.3 Å². The maximum Gasteiger partial charge on any atom is 0.303 e. The van der Waals surface area contributed by atoms with Crippen LogP contribution in [0.4, 0.5) is 15.8 Å². The number of aromatic nitrogens is 3. The van der Waals surface area contributed by atoms with Gasteiger partial charge in [-0.05, 0) is 32.2 Å². The molecule has 4 aromatic rings. The van der Waals surface area contributed by atoms with Crippen LogP contribution in [0.25, 0.3) is 22.0 Å². The van der Waals surface area contributed by atoms with E-state index < -0.39 is 17.7 Å². The van der Waals surface area contributed by atoms with Crippen LogP contribution in [0.3, 0.4) is 0 Å². The van der Waals surface area contributed by atoms with E-state index in [1.165, 1.54) is 19.1 Å². The van der Waals surface area contributed by atoms with Gasteiger partial charge in [0.05, 0.1) is 5.56 Å². The molecular formula is C25H27FN6O4. The number of carbonyl (C=O) groups is 2. The van der Waals surface area contributed by atoms with Gasteiger partial charge in [-0.25, -0.2) is 9.37 Å². The van der Waals surface area contributed by atoms with Crippen LogP contribution in [-0.2, 0) is 22.7 Å². The molecule has 1 aliphatic rings. The number of nitrogens with zero attached hydrogens (tertiary/aromatic N) is 5. The lowest BCUT2D eigenvalue weighted by Gasteiger charge is -2.34. The molecule has 2 aromatic carbocycles. The number of oxazole rings is 1. The summed E-state index contributed by atoms with van der Waals surface area (Å²) in [5.41, 5.74) is 2.38. The molecule has 188 valence electrons. The minimum Gasteiger partial charge on any atom is -0.456 e. The van der Waals surface area contributed by atoms with Gasteiger partial charge in [0.1, 0.15) is 11.0 Å². The molecule has 10 nitrogen and oxygen atoms in total. The number of nitrogens with one attached hydrogen (secondary N) is 1. The summed E-state index contributed by atoms with van der Waals surface area (Å²) in [4.78, 5) is 32.9. The number of carbonyl (C=O) groups excluding carboxylic acids is 2. The zero-order valence-corrected chi connectivity index (χ0v) is 20.4. The second kappa shape index (κ2) is 9.57. The van der Waals surface area contributed by atoms with E-state index in [0.29, 0.717) is 17.6 Å². The first-order valence-electron chi connectivity index (χ1n) is 11.8. The van der Waals surface area contributed by atoms with Crippen LogP contribution in [0.1, 0.15) is 30.1 Å². The fraction of sp³-hybridized carbons (Fsp3) is 0.360. The maximum atomic E-state index is 14.7. The molecule has 36 heavy (non-hydrogen) atoms. The Morgan fingerprint density at radius 1 is 1.17 bits per heavy atom. The standard InChI is InChI=1S/C25H27FN6O4/c1-4-32-13-18-20(31-9-7-30(3)8-10-31)6-5-17(23(18)29-32)25(34)27-16-11-19(26)24-21(12-16)36-22(28-24)14-35-15(2)33/h5-6,11-13H,4,7-10,14H2,1-3H3,(H,27,34). The Labute approximate surface area is 206 Å². The molecule has 0 aliphatic carbocycles. The van der Waals surface area contributed by atoms with E-state index in [1.807, 2.05) is 23.9 Å². The molecule has 0 atom stereocenters. The smallest absolute Gasteiger partial charge is 0.303 e. The Morgan fingerprint density at radius 3 is 2.67 bits per heavy atom. The van der Waals surface area contributed by atoms with E-state index in [4.69, 9.17) is 9.15 Å². The first-order chi connectivity index (χ1) is 17.3. The number of ether oxygens (including phenoxy) is 1. The zero-order chi connectivity index (χ0) is 25.4. The van der Waals surface area contributed by atoms with Gasteiger partial charge in [-0.1, -0.05) is 0 Å². The average molecular weight is 495 g/mol. The van der Waals surface area contributed by atoms with Crippen LogP contribution in [-0.4, -0.2) is 64.8 Å². The minimum absolute atomic E-state index is 0.00393. The summed E-state index contributed by atoms with van der Waals surface area (Å²) in [6.45, 7) is 7.42. The maximum absolute atomic E-state index is 14.7. The van der Waals surface area contributed by atoms with E-state index in [2.05, 4.69) is 32.2 Å². The molecule has 0 bridgehead atoms. The fourth-order valence-corrected chi connectivity index (χ4v) is 4.34. The second-order valence-corrected chi connectivity index (χ2v) is 8.82. The first-order valence-corrected chi connectivity index (χ1v) is 11.8. The van der Waals surface area contributed by atoms with Crippen LogP contribution in [0.5, 0.6) is 0 Å². The number of benzene rings is 2. The predicted octanol–water partition coefficient (Wildman–Crippen LogP) is 3.40. The first kappa shape index (κ1) is 23.7. The Kier molecular flexibility index (Phi) is 6.31. The van der Waals surface area contributed by atoms with Crippen LogP contribution in [0, 0.1) is 5.82 Å². The summed E-state index contributed by atoms with van der Waals surface area (Å²) in [6, 6.07) is 6.38. The number of piperazine rings is 1. The van der Waals surface area contributed by atoms with Crippen molar-refractivity contribution in [2.75, 3.05) is 43.4 Å². The average Bonchev–Trinajstić information content (AvgIpc) is 3.47. The van der Waals surface area contributed by atoms with Gasteiger partial charge in [0.2, 0.25) is 5.89 Å². The van der Waals surface area contributed by atoms with Gasteiger partial charge >= 0.3 is 5.97 Å². The number of hydrogen-bond acceptors (Lipinski definition) is 8. The number of anilines is 2. The molecule has 0 saturated carbocycles. The van der Waals surface area contributed by atoms with Crippen LogP contribution < -0.4 is 10.2 Å². The molecule has 0 unspecified atom stereocenters. The third kappa shape index (κ3) is 4.61. The van der Waals surface area contributed by atoms with E-state index >= 15 is 0 Å². The van der Waals surface area contributed by atoms with Gasteiger partial charge in [0, 0.05) is 68.7 Å². The lowest BCUT2D eigenvalue weighted by atomic mass is 10.1. The highest BCUT2D eigenvalue weighted by molar-refractivity contribution is 6.14. The van der Waals surface area contributed by atoms with Gasteiger partial charge in [0.15, 0.2) is 18.0 Å². The van der Waals surface area contributed by atoms with Gasteiger partial charge in [-0.15, -0.1) is 0 Å². The number of hydrogen-bond donors (Lipinski definition) is 1. The minimum atomic E-state index is -0.661. The number of esters is 1. The molecule has 3 heterocycles. The van der Waals surface area contributed by atoms with Crippen molar-refractivity contribution in [3.05, 3.63) is 47.7 Å². The van der Waals surface area contributed by atoms with E-state index in [1.54, 1.807) is 6.07 Å². The van der Waals surface area contributed by atoms with Crippen LogP contribution >= 0.6 is 0 Å². The predicted molar refractivity (Wildman–Crippen MR) is 133 cm³/mol. The Hall–Kier alpha value is -3.99. The molecule has 1 saturated heterocycles. The third-order valence-electron chi connectivity index (χ3n) is 6.26. The molecule has 0 spiro atoms. The van der Waals surface area contributed by atoms with Crippen molar-refractivity contribution in [2.24, 2.45) is 0 Å². The summed E-state index contributed by atoms with van der Waals surface area (Å²) < 4.78 is 26.9. The molecule has 5 rings (SSSR count). The molecule has 1 aliphatic heterocycles. The highest BCUT2D eigenvalue weighted by atomic mass is 19.1. The number of rotatable bonds is 6. The van der Waals surface area contributed by atoms with E-state index in [9.17, 15) is 14.0 Å². The summed E-state index contributed by atoms with van der Waals surface area (Å²) in [5.74, 6) is -1.51. The molecule has 0 radical (unpaired) electrons. The normalized spacial score (nSPS) is 14.5. The largest absolute Gasteiger partial charge is 0.456 e. The number of halogens is 1. The fourth-order valence-electron chi connectivity index (χ4n) is 4.34. The summed E-state index contributed by atoms with van der Waals surface area (Å²) >= 11 is 0. The van der Waals surface area contributed by atoms with Crippen molar-refractivity contribution in [1.29, 1.82) is 0 Å². The topological polar surface area (TPSA) is 106 Å². The van der Waals surface area contributed by atoms with Crippen LogP contribution in [0.2, 0.25) is 0 Å². The van der Waals surface area contributed by atoms with Crippen LogP contribution in [0.15, 0.2) is 34.9 Å². The molecule has 2 aromatic heterocycles. The SMILES string of the molecule is CCn1cc2c(N3CCN(C)CC3)ccc(C(=O)Nc3cc(F)c4nc(COC(C)=O)oc4c3)c2n1. The second-order valence-electron chi connectivity index (χ2n) is 8.82. The van der Waals surface area contributed by atoms with Crippen molar-refractivity contribution < 1.29 is 23.1 Å². The Balaban J connectivity index is 1.44. The lowest BCUT2D eigenvalue weighted by molar-refractivity contribution is -0.142. The monoisotopic (exact) mass is 494 g/mol. The quantitative estimate of drug-likeness (QED) is 0.407. The molecular weight excluding hydrogens is 467 g/mol. The van der Waals surface area contributed by atoms with Crippen molar-refractivity contribution in [3.63, 3.8) is 0 Å². The Morgan fingerprint density at radius 2 is 1.94 bits per heavy atom. The van der Waals surface area contributed by atoms with Crippen molar-refractivity contribution >= 4 is 45.3 Å². The number of aryl methyl sites for hydroxylation is 1. The molecule has 1 N–H and O–H groups in total. The van der Waals surface area contributed by atoms with E-state index in [0.717, 1.165) is 37.3 Å². The summed E-state index contributed by atoms with van der Waals surface area (Å²) in [7, 11) is 2.11. The summed E-state index contributed by atoms with van der Waals surface area (Å²) in [6.07, 6.45) is 1.96. The van der Waals surface area contributed by atoms with Gasteiger partial charge in [-0.3, -0.25) is 14.3 Å². The van der Waals surface area contributed by atoms with Crippen molar-refractivity contribution in [3.8, 4) is 0 Å². The Bertz CT molecular complexity index is 1450. The summed E-state index contributed by atoms with van der Waals surface area (Å²) in [5, 5.41) is 8.30. The molecule has 11 heteroatoms. The highest BCUT2D eigenvalue weighted by Gasteiger charge is 2.22. The number of likely N-dealkylation sites (N-methyl/N-ethyl adjacent to an activating group) is 1. The molecule has 1 amide bonds. The van der Waals surface area contributed by atoms with Gasteiger partial charge < -0.3 is 24.3 Å². The third-order valence-corrected chi connectivity index (χ3v) is 6.26. The van der Waals surface area contributed by atoms with Crippen molar-refractivity contribution in [1.82, 2.24) is 19.7 Å². The van der Waals surface area contributed by atoms with Gasteiger partial charge in [0.25, 0.3) is 5.91 Å². The van der Waals surface area contributed by atoms with Gasteiger partial charge in [-0.2, -0.15) is 5.10 Å². The number of fused-ring (bicyclic) bond motifs is 2. The molecule has 1 fully saturated rings. The number of amides is 1.